The van der Waals surface area contributed by atoms with E-state index in [1.54, 1.807) is 0 Å². The predicted molar refractivity (Wildman–Crippen MR) is 87.9 cm³/mol. The van der Waals surface area contributed by atoms with Gasteiger partial charge in [-0.2, -0.15) is 11.3 Å². The summed E-state index contributed by atoms with van der Waals surface area (Å²) >= 11 is 3.00. The van der Waals surface area contributed by atoms with Gasteiger partial charge in [-0.25, -0.2) is 4.79 Å². The Morgan fingerprint density at radius 3 is 2.57 bits per heavy atom. The average molecular weight is 324 g/mol. The minimum Gasteiger partial charge on any atom is -0.378 e. The van der Waals surface area contributed by atoms with Crippen molar-refractivity contribution in [1.29, 1.82) is 0 Å². The van der Waals surface area contributed by atoms with Gasteiger partial charge in [-0.1, -0.05) is 6.07 Å². The Morgan fingerprint density at radius 2 is 2.05 bits per heavy atom. The van der Waals surface area contributed by atoms with E-state index in [2.05, 4.69) is 10.6 Å². The highest BCUT2D eigenvalue weighted by atomic mass is 32.1. The molecule has 2 rings (SSSR count). The van der Waals surface area contributed by atoms with Crippen LogP contribution in [0.1, 0.15) is 31.2 Å². The minimum atomic E-state index is -1.19. The number of thiophene rings is 2. The maximum atomic E-state index is 11.9. The zero-order chi connectivity index (χ0) is 15.5. The molecular weight excluding hydrogens is 304 g/mol. The summed E-state index contributed by atoms with van der Waals surface area (Å²) in [5.74, 6) is 0. The molecule has 21 heavy (non-hydrogen) atoms. The summed E-state index contributed by atoms with van der Waals surface area (Å²) in [7, 11) is 0. The van der Waals surface area contributed by atoms with E-state index in [1.807, 2.05) is 55.1 Å². The normalized spacial score (nSPS) is 14.5. The molecule has 6 heteroatoms. The molecule has 0 aliphatic rings. The molecule has 2 aromatic rings. The van der Waals surface area contributed by atoms with Gasteiger partial charge >= 0.3 is 6.03 Å². The highest BCUT2D eigenvalue weighted by Gasteiger charge is 2.33. The van der Waals surface area contributed by atoms with Gasteiger partial charge in [0.2, 0.25) is 0 Å². The number of carbonyl (C=O) groups is 1. The van der Waals surface area contributed by atoms with Crippen LogP contribution in [-0.4, -0.2) is 23.2 Å². The van der Waals surface area contributed by atoms with Gasteiger partial charge in [-0.05, 0) is 49.0 Å². The van der Waals surface area contributed by atoms with E-state index >= 15 is 0 Å². The third-order valence-electron chi connectivity index (χ3n) is 2.92. The van der Waals surface area contributed by atoms with Gasteiger partial charge < -0.3 is 15.7 Å². The van der Waals surface area contributed by atoms with E-state index < -0.39 is 5.60 Å². The molecule has 0 fully saturated rings. The van der Waals surface area contributed by atoms with E-state index in [-0.39, 0.29) is 18.1 Å². The van der Waals surface area contributed by atoms with Crippen molar-refractivity contribution in [3.63, 3.8) is 0 Å². The summed E-state index contributed by atoms with van der Waals surface area (Å²) < 4.78 is 0. The summed E-state index contributed by atoms with van der Waals surface area (Å²) in [6.07, 6.45) is 0. The van der Waals surface area contributed by atoms with Gasteiger partial charge in [0.25, 0.3) is 0 Å². The van der Waals surface area contributed by atoms with Gasteiger partial charge in [0.05, 0.1) is 6.54 Å². The van der Waals surface area contributed by atoms with E-state index in [9.17, 15) is 9.90 Å². The molecule has 0 saturated heterocycles. The lowest BCUT2D eigenvalue weighted by atomic mass is 9.94. The SMILES string of the molecule is CC(C)(C)NC(=O)NCC(O)(c1ccsc1)c1cccs1. The molecule has 114 valence electrons. The first-order chi connectivity index (χ1) is 9.81. The molecule has 0 radical (unpaired) electrons. The quantitative estimate of drug-likeness (QED) is 0.809. The van der Waals surface area contributed by atoms with Gasteiger partial charge in [0.1, 0.15) is 5.60 Å². The molecule has 0 aromatic carbocycles. The van der Waals surface area contributed by atoms with Crippen molar-refractivity contribution in [1.82, 2.24) is 10.6 Å². The summed E-state index contributed by atoms with van der Waals surface area (Å²) in [6.45, 7) is 5.87. The number of hydrogen-bond acceptors (Lipinski definition) is 4. The Balaban J connectivity index is 2.14. The Kier molecular flexibility index (Phi) is 4.70. The van der Waals surface area contributed by atoms with Crippen LogP contribution in [0.25, 0.3) is 0 Å². The smallest absolute Gasteiger partial charge is 0.315 e. The molecule has 0 spiro atoms. The first kappa shape index (κ1) is 16.0. The zero-order valence-corrected chi connectivity index (χ0v) is 14.0. The predicted octanol–water partition coefficient (Wildman–Crippen LogP) is 3.14. The Hall–Kier alpha value is -1.37. The molecule has 0 bridgehead atoms. The first-order valence-electron chi connectivity index (χ1n) is 6.66. The second-order valence-electron chi connectivity index (χ2n) is 5.91. The molecule has 2 heterocycles. The van der Waals surface area contributed by atoms with Gasteiger partial charge in [-0.15, -0.1) is 11.3 Å². The van der Waals surface area contributed by atoms with E-state index in [4.69, 9.17) is 0 Å². The highest BCUT2D eigenvalue weighted by Crippen LogP contribution is 2.33. The molecule has 0 saturated carbocycles. The maximum Gasteiger partial charge on any atom is 0.315 e. The molecule has 0 aliphatic carbocycles. The van der Waals surface area contributed by atoms with Gasteiger partial charge in [0, 0.05) is 16.0 Å². The topological polar surface area (TPSA) is 61.4 Å². The molecule has 2 amide bonds. The van der Waals surface area contributed by atoms with Crippen LogP contribution in [0.2, 0.25) is 0 Å². The minimum absolute atomic E-state index is 0.131. The fourth-order valence-corrected chi connectivity index (χ4v) is 3.51. The molecule has 2 aromatic heterocycles. The number of amides is 2. The van der Waals surface area contributed by atoms with Crippen LogP contribution in [0, 0.1) is 0 Å². The average Bonchev–Trinajstić information content (AvgIpc) is 3.06. The van der Waals surface area contributed by atoms with E-state index in [1.165, 1.54) is 22.7 Å². The lowest BCUT2D eigenvalue weighted by molar-refractivity contribution is 0.0860. The number of aliphatic hydroxyl groups is 1. The van der Waals surface area contributed by atoms with Crippen LogP contribution in [-0.2, 0) is 5.60 Å². The number of nitrogens with one attached hydrogen (secondary N) is 2. The largest absolute Gasteiger partial charge is 0.378 e. The molecular formula is C15H20N2O2S2. The van der Waals surface area contributed by atoms with Gasteiger partial charge in [-0.3, -0.25) is 0 Å². The van der Waals surface area contributed by atoms with Crippen molar-refractivity contribution in [3.8, 4) is 0 Å². The first-order valence-corrected chi connectivity index (χ1v) is 8.48. The van der Waals surface area contributed by atoms with Crippen molar-refractivity contribution < 1.29 is 9.90 Å². The molecule has 1 atom stereocenters. The lowest BCUT2D eigenvalue weighted by Gasteiger charge is -2.28. The monoisotopic (exact) mass is 324 g/mol. The molecule has 1 unspecified atom stereocenters. The Labute approximate surface area is 132 Å². The van der Waals surface area contributed by atoms with Crippen LogP contribution >= 0.6 is 22.7 Å². The van der Waals surface area contributed by atoms with Crippen molar-refractivity contribution in [2.45, 2.75) is 31.9 Å². The van der Waals surface area contributed by atoms with E-state index in [0.717, 1.165) is 10.4 Å². The zero-order valence-electron chi connectivity index (χ0n) is 12.3. The summed E-state index contributed by atoms with van der Waals surface area (Å²) in [5.41, 5.74) is -0.706. The van der Waals surface area contributed by atoms with Crippen LogP contribution in [0.4, 0.5) is 4.79 Å². The fraction of sp³-hybridized carbons (Fsp3) is 0.400. The Bertz CT molecular complexity index is 537. The van der Waals surface area contributed by atoms with Crippen molar-refractivity contribution in [2.24, 2.45) is 0 Å². The van der Waals surface area contributed by atoms with Gasteiger partial charge in [0.15, 0.2) is 0 Å². The number of hydrogen-bond donors (Lipinski definition) is 3. The van der Waals surface area contributed by atoms with Crippen LogP contribution in [0.5, 0.6) is 0 Å². The van der Waals surface area contributed by atoms with Crippen molar-refractivity contribution in [3.05, 3.63) is 44.8 Å². The van der Waals surface area contributed by atoms with E-state index in [0.29, 0.717) is 0 Å². The van der Waals surface area contributed by atoms with Crippen LogP contribution in [0.3, 0.4) is 0 Å². The number of urea groups is 1. The molecule has 3 N–H and O–H groups in total. The summed E-state index contributed by atoms with van der Waals surface area (Å²) in [6, 6.07) is 5.37. The summed E-state index contributed by atoms with van der Waals surface area (Å²) in [5, 5.41) is 22.4. The highest BCUT2D eigenvalue weighted by molar-refractivity contribution is 7.10. The fourth-order valence-electron chi connectivity index (χ4n) is 1.94. The van der Waals surface area contributed by atoms with Crippen LogP contribution in [0.15, 0.2) is 34.3 Å². The molecule has 4 nitrogen and oxygen atoms in total. The number of rotatable bonds is 4. The Morgan fingerprint density at radius 1 is 1.29 bits per heavy atom. The lowest BCUT2D eigenvalue weighted by Crippen LogP contribution is -2.50. The van der Waals surface area contributed by atoms with Crippen molar-refractivity contribution in [2.75, 3.05) is 6.54 Å². The third-order valence-corrected chi connectivity index (χ3v) is 4.63. The van der Waals surface area contributed by atoms with Crippen LogP contribution < -0.4 is 10.6 Å². The number of carbonyl (C=O) groups excluding carboxylic acids is 1. The molecule has 0 aliphatic heterocycles. The second-order valence-corrected chi connectivity index (χ2v) is 7.64. The maximum absolute atomic E-state index is 11.9. The standard InChI is InChI=1S/C15H20N2O2S2/c1-14(2,3)17-13(18)16-10-15(19,11-6-8-20-9-11)12-5-4-7-21-12/h4-9,19H,10H2,1-3H3,(H2,16,17,18). The second kappa shape index (κ2) is 6.17. The summed E-state index contributed by atoms with van der Waals surface area (Å²) in [4.78, 5) is 12.7. The third kappa shape index (κ3) is 4.06. The van der Waals surface area contributed by atoms with Crippen molar-refractivity contribution >= 4 is 28.7 Å².